The number of thiophene rings is 1. The third kappa shape index (κ3) is 2.70. The van der Waals surface area contributed by atoms with E-state index in [2.05, 4.69) is 39.0 Å². The van der Waals surface area contributed by atoms with Crippen LogP contribution in [0, 0.1) is 0 Å². The maximum Gasteiger partial charge on any atom is 0.0935 e. The zero-order valence-electron chi connectivity index (χ0n) is 11.0. The van der Waals surface area contributed by atoms with E-state index in [0.29, 0.717) is 0 Å². The Morgan fingerprint density at radius 3 is 2.85 bits per heavy atom. The van der Waals surface area contributed by atoms with E-state index < -0.39 is 0 Å². The van der Waals surface area contributed by atoms with Crippen molar-refractivity contribution in [3.05, 3.63) is 58.5 Å². The number of hydrogen-bond donors (Lipinski definition) is 2. The topological polar surface area (TPSA) is 63.8 Å². The van der Waals surface area contributed by atoms with Crippen molar-refractivity contribution in [2.24, 2.45) is 5.84 Å². The van der Waals surface area contributed by atoms with Gasteiger partial charge in [-0.1, -0.05) is 18.2 Å². The number of hydrazine groups is 1. The monoisotopic (exact) mass is 284 g/mol. The standard InChI is InChI=1S/C15H16N4S/c16-19-13(7-6-11-3-2-10-20-11)12-4-1-5-14-15(12)18-9-8-17-14/h1-5,8-10,13,19H,6-7,16H2. The number of para-hydroxylation sites is 1. The van der Waals surface area contributed by atoms with Gasteiger partial charge in [0.1, 0.15) is 0 Å². The molecule has 2 aromatic heterocycles. The minimum atomic E-state index is 0.0810. The Morgan fingerprint density at radius 2 is 2.05 bits per heavy atom. The van der Waals surface area contributed by atoms with Gasteiger partial charge in [0.05, 0.1) is 11.0 Å². The van der Waals surface area contributed by atoms with Crippen LogP contribution >= 0.6 is 11.3 Å². The van der Waals surface area contributed by atoms with Crippen molar-refractivity contribution in [3.8, 4) is 0 Å². The molecule has 0 saturated heterocycles. The summed E-state index contributed by atoms with van der Waals surface area (Å²) in [5, 5.41) is 2.10. The van der Waals surface area contributed by atoms with Crippen LogP contribution in [0.4, 0.5) is 0 Å². The van der Waals surface area contributed by atoms with Crippen molar-refractivity contribution in [2.75, 3.05) is 0 Å². The molecule has 0 bridgehead atoms. The Morgan fingerprint density at radius 1 is 1.15 bits per heavy atom. The van der Waals surface area contributed by atoms with Crippen LogP contribution in [0.5, 0.6) is 0 Å². The summed E-state index contributed by atoms with van der Waals surface area (Å²) in [7, 11) is 0. The number of rotatable bonds is 5. The largest absolute Gasteiger partial charge is 0.271 e. The average molecular weight is 284 g/mol. The van der Waals surface area contributed by atoms with Gasteiger partial charge in [-0.05, 0) is 35.9 Å². The fourth-order valence-corrected chi connectivity index (χ4v) is 3.09. The molecule has 3 aromatic rings. The summed E-state index contributed by atoms with van der Waals surface area (Å²) in [6.45, 7) is 0. The van der Waals surface area contributed by atoms with Crippen molar-refractivity contribution in [1.82, 2.24) is 15.4 Å². The van der Waals surface area contributed by atoms with E-state index in [1.165, 1.54) is 4.88 Å². The highest BCUT2D eigenvalue weighted by Crippen LogP contribution is 2.25. The molecule has 0 amide bonds. The summed E-state index contributed by atoms with van der Waals surface area (Å²) >= 11 is 1.78. The molecule has 0 saturated carbocycles. The van der Waals surface area contributed by atoms with E-state index in [-0.39, 0.29) is 6.04 Å². The lowest BCUT2D eigenvalue weighted by Crippen LogP contribution is -2.28. The van der Waals surface area contributed by atoms with Crippen molar-refractivity contribution < 1.29 is 0 Å². The normalized spacial score (nSPS) is 12.7. The van der Waals surface area contributed by atoms with Crippen molar-refractivity contribution in [1.29, 1.82) is 0 Å². The molecule has 3 N–H and O–H groups in total. The number of fused-ring (bicyclic) bond motifs is 1. The van der Waals surface area contributed by atoms with Gasteiger partial charge in [-0.25, -0.2) is 0 Å². The Balaban J connectivity index is 1.87. The molecular formula is C15H16N4S. The number of aryl methyl sites for hydroxylation is 1. The lowest BCUT2D eigenvalue weighted by Gasteiger charge is -2.17. The summed E-state index contributed by atoms with van der Waals surface area (Å²) in [6.07, 6.45) is 5.37. The molecule has 2 heterocycles. The Bertz CT molecular complexity index is 676. The molecule has 4 nitrogen and oxygen atoms in total. The van der Waals surface area contributed by atoms with Gasteiger partial charge in [0.2, 0.25) is 0 Å². The molecule has 0 fully saturated rings. The molecule has 0 radical (unpaired) electrons. The third-order valence-electron chi connectivity index (χ3n) is 3.37. The van der Waals surface area contributed by atoms with E-state index in [0.717, 1.165) is 29.4 Å². The number of nitrogens with zero attached hydrogens (tertiary/aromatic N) is 2. The van der Waals surface area contributed by atoms with E-state index in [9.17, 15) is 0 Å². The fourth-order valence-electron chi connectivity index (χ4n) is 2.37. The highest BCUT2D eigenvalue weighted by Gasteiger charge is 2.14. The smallest absolute Gasteiger partial charge is 0.0935 e. The first kappa shape index (κ1) is 13.2. The SMILES string of the molecule is NNC(CCc1cccs1)c1cccc2nccnc12. The summed E-state index contributed by atoms with van der Waals surface area (Å²) in [4.78, 5) is 10.2. The second kappa shape index (κ2) is 6.09. The van der Waals surface area contributed by atoms with E-state index in [1.807, 2.05) is 12.1 Å². The molecule has 0 aliphatic heterocycles. The predicted octanol–water partition coefficient (Wildman–Crippen LogP) is 2.83. The van der Waals surface area contributed by atoms with Crippen molar-refractivity contribution >= 4 is 22.4 Å². The molecule has 1 aromatic carbocycles. The molecule has 0 spiro atoms. The maximum absolute atomic E-state index is 5.74. The lowest BCUT2D eigenvalue weighted by molar-refractivity contribution is 0.520. The lowest BCUT2D eigenvalue weighted by atomic mass is 10.0. The molecule has 1 unspecified atom stereocenters. The first-order valence-corrected chi connectivity index (χ1v) is 7.44. The van der Waals surface area contributed by atoms with Gasteiger partial charge in [0, 0.05) is 23.3 Å². The predicted molar refractivity (Wildman–Crippen MR) is 82.2 cm³/mol. The zero-order chi connectivity index (χ0) is 13.8. The van der Waals surface area contributed by atoms with Gasteiger partial charge in [-0.2, -0.15) is 0 Å². The first-order chi connectivity index (χ1) is 9.88. The summed E-state index contributed by atoms with van der Waals surface area (Å²) in [5.74, 6) is 5.74. The number of aromatic nitrogens is 2. The second-order valence-electron chi connectivity index (χ2n) is 4.61. The highest BCUT2D eigenvalue weighted by atomic mass is 32.1. The second-order valence-corrected chi connectivity index (χ2v) is 5.64. The molecular weight excluding hydrogens is 268 g/mol. The van der Waals surface area contributed by atoms with Crippen molar-refractivity contribution in [3.63, 3.8) is 0 Å². The van der Waals surface area contributed by atoms with Gasteiger partial charge in [0.15, 0.2) is 0 Å². The maximum atomic E-state index is 5.74. The molecule has 3 rings (SSSR count). The van der Waals surface area contributed by atoms with Crippen LogP contribution in [0.2, 0.25) is 0 Å². The van der Waals surface area contributed by atoms with Crippen LogP contribution in [-0.4, -0.2) is 9.97 Å². The number of nitrogens with one attached hydrogen (secondary N) is 1. The molecule has 0 aliphatic carbocycles. The van der Waals surface area contributed by atoms with Crippen LogP contribution in [-0.2, 0) is 6.42 Å². The molecule has 20 heavy (non-hydrogen) atoms. The quantitative estimate of drug-likeness (QED) is 0.558. The fraction of sp³-hybridized carbons (Fsp3) is 0.200. The average Bonchev–Trinajstić information content (AvgIpc) is 3.01. The van der Waals surface area contributed by atoms with Gasteiger partial charge < -0.3 is 0 Å². The molecule has 1 atom stereocenters. The Kier molecular flexibility index (Phi) is 4.01. The van der Waals surface area contributed by atoms with Crippen LogP contribution in [0.25, 0.3) is 11.0 Å². The van der Waals surface area contributed by atoms with Crippen LogP contribution in [0.15, 0.2) is 48.1 Å². The number of hydrogen-bond acceptors (Lipinski definition) is 5. The summed E-state index contributed by atoms with van der Waals surface area (Å²) < 4.78 is 0. The van der Waals surface area contributed by atoms with Gasteiger partial charge in [-0.15, -0.1) is 11.3 Å². The van der Waals surface area contributed by atoms with Gasteiger partial charge >= 0.3 is 0 Å². The number of nitrogens with two attached hydrogens (primary N) is 1. The minimum Gasteiger partial charge on any atom is -0.271 e. The summed E-state index contributed by atoms with van der Waals surface area (Å²) in [6, 6.07) is 10.4. The van der Waals surface area contributed by atoms with Crippen LogP contribution < -0.4 is 11.3 Å². The van der Waals surface area contributed by atoms with E-state index in [4.69, 9.17) is 5.84 Å². The van der Waals surface area contributed by atoms with E-state index >= 15 is 0 Å². The number of benzene rings is 1. The molecule has 102 valence electrons. The molecule has 0 aliphatic rings. The van der Waals surface area contributed by atoms with Gasteiger partial charge in [-0.3, -0.25) is 21.2 Å². The Hall–Kier alpha value is -1.82. The first-order valence-electron chi connectivity index (χ1n) is 6.56. The van der Waals surface area contributed by atoms with E-state index in [1.54, 1.807) is 23.7 Å². The van der Waals surface area contributed by atoms with Crippen molar-refractivity contribution in [2.45, 2.75) is 18.9 Å². The summed E-state index contributed by atoms with van der Waals surface area (Å²) in [5.41, 5.74) is 5.84. The highest BCUT2D eigenvalue weighted by molar-refractivity contribution is 7.09. The third-order valence-corrected chi connectivity index (χ3v) is 4.30. The zero-order valence-corrected chi connectivity index (χ0v) is 11.8. The van der Waals surface area contributed by atoms with Crippen LogP contribution in [0.3, 0.4) is 0 Å². The molecule has 5 heteroatoms. The minimum absolute atomic E-state index is 0.0810. The van der Waals surface area contributed by atoms with Gasteiger partial charge in [0.25, 0.3) is 0 Å². The Labute approximate surface area is 121 Å². The van der Waals surface area contributed by atoms with Crippen LogP contribution in [0.1, 0.15) is 22.9 Å².